The molecule has 1 fully saturated rings. The smallest absolute Gasteiger partial charge is 0.254 e. The zero-order valence-corrected chi connectivity index (χ0v) is 13.9. The number of amides is 1. The van der Waals surface area contributed by atoms with Crippen LogP contribution in [0, 0.1) is 0 Å². The van der Waals surface area contributed by atoms with Crippen molar-refractivity contribution in [2.75, 3.05) is 13.2 Å². The highest BCUT2D eigenvalue weighted by molar-refractivity contribution is 5.97. The van der Waals surface area contributed by atoms with Crippen LogP contribution in [0.5, 0.6) is 0 Å². The molecule has 1 aromatic heterocycles. The van der Waals surface area contributed by atoms with Gasteiger partial charge in [0.2, 0.25) is 0 Å². The molecule has 1 aliphatic heterocycles. The zero-order valence-electron chi connectivity index (χ0n) is 13.9. The van der Waals surface area contributed by atoms with Crippen LogP contribution >= 0.6 is 0 Å². The maximum atomic E-state index is 13.1. The van der Waals surface area contributed by atoms with Gasteiger partial charge < -0.3 is 9.64 Å². The van der Waals surface area contributed by atoms with Crippen molar-refractivity contribution < 1.29 is 9.53 Å². The Balaban J connectivity index is 1.59. The zero-order chi connectivity index (χ0) is 17.1. The van der Waals surface area contributed by atoms with Crippen LogP contribution < -0.4 is 0 Å². The highest BCUT2D eigenvalue weighted by Crippen LogP contribution is 2.19. The third-order valence-corrected chi connectivity index (χ3v) is 4.51. The van der Waals surface area contributed by atoms with Gasteiger partial charge in [-0.1, -0.05) is 30.3 Å². The van der Waals surface area contributed by atoms with Gasteiger partial charge >= 0.3 is 0 Å². The molecule has 0 bridgehead atoms. The quantitative estimate of drug-likeness (QED) is 0.778. The molecule has 0 radical (unpaired) electrons. The van der Waals surface area contributed by atoms with E-state index in [0.29, 0.717) is 24.2 Å². The van der Waals surface area contributed by atoms with Crippen LogP contribution in [0.15, 0.2) is 48.5 Å². The number of hydrogen-bond donors (Lipinski definition) is 1. The Morgan fingerprint density at radius 2 is 2.00 bits per heavy atom. The van der Waals surface area contributed by atoms with Crippen LogP contribution in [0.25, 0.3) is 11.0 Å². The molecule has 3 aromatic rings. The highest BCUT2D eigenvalue weighted by atomic mass is 16.5. The standard InChI is InChI=1S/C19H20N4O2/c24-19(15-8-9-17-18(11-15)21-22-20-17)23(13-16-7-4-10-25-16)12-14-5-2-1-3-6-14/h1-3,5-6,8-9,11,16H,4,7,10,12-13H2,(H,20,21,22)/t16-/m1/s1. The Hall–Kier alpha value is -2.73. The van der Waals surface area contributed by atoms with Crippen LogP contribution in [0.3, 0.4) is 0 Å². The number of fused-ring (bicyclic) bond motifs is 1. The summed E-state index contributed by atoms with van der Waals surface area (Å²) in [5.74, 6) is -0.00995. The highest BCUT2D eigenvalue weighted by Gasteiger charge is 2.24. The fourth-order valence-corrected chi connectivity index (χ4v) is 3.21. The summed E-state index contributed by atoms with van der Waals surface area (Å²) in [6.45, 7) is 1.95. The number of aromatic amines is 1. The number of carbonyl (C=O) groups is 1. The van der Waals surface area contributed by atoms with Gasteiger partial charge in [-0.15, -0.1) is 0 Å². The van der Waals surface area contributed by atoms with Crippen molar-refractivity contribution in [3.05, 3.63) is 59.7 Å². The molecule has 0 spiro atoms. The molecule has 1 N–H and O–H groups in total. The van der Waals surface area contributed by atoms with E-state index in [-0.39, 0.29) is 12.0 Å². The number of H-pyrrole nitrogens is 1. The molecular weight excluding hydrogens is 316 g/mol. The fourth-order valence-electron chi connectivity index (χ4n) is 3.21. The molecule has 2 aromatic carbocycles. The lowest BCUT2D eigenvalue weighted by molar-refractivity contribution is 0.0507. The minimum Gasteiger partial charge on any atom is -0.376 e. The van der Waals surface area contributed by atoms with E-state index in [0.717, 1.165) is 30.5 Å². The average molecular weight is 336 g/mol. The van der Waals surface area contributed by atoms with Gasteiger partial charge in [0.1, 0.15) is 11.0 Å². The number of hydrogen-bond acceptors (Lipinski definition) is 4. The number of ether oxygens (including phenoxy) is 1. The second-order valence-electron chi connectivity index (χ2n) is 6.33. The Labute approximate surface area is 145 Å². The molecule has 2 heterocycles. The second-order valence-corrected chi connectivity index (χ2v) is 6.33. The van der Waals surface area contributed by atoms with E-state index in [1.54, 1.807) is 12.1 Å². The van der Waals surface area contributed by atoms with Gasteiger partial charge in [0, 0.05) is 25.3 Å². The Morgan fingerprint density at radius 1 is 1.16 bits per heavy atom. The molecule has 6 heteroatoms. The van der Waals surface area contributed by atoms with E-state index in [9.17, 15) is 4.79 Å². The van der Waals surface area contributed by atoms with E-state index < -0.39 is 0 Å². The fraction of sp³-hybridized carbons (Fsp3) is 0.316. The predicted molar refractivity (Wildman–Crippen MR) is 94.0 cm³/mol. The largest absolute Gasteiger partial charge is 0.376 e. The van der Waals surface area contributed by atoms with Crippen LogP contribution in [0.1, 0.15) is 28.8 Å². The molecule has 128 valence electrons. The molecular formula is C19H20N4O2. The molecule has 4 rings (SSSR count). The second kappa shape index (κ2) is 7.03. The summed E-state index contributed by atoms with van der Waals surface area (Å²) in [6, 6.07) is 15.5. The third-order valence-electron chi connectivity index (χ3n) is 4.51. The topological polar surface area (TPSA) is 71.1 Å². The van der Waals surface area contributed by atoms with E-state index in [4.69, 9.17) is 4.74 Å². The monoisotopic (exact) mass is 336 g/mol. The van der Waals surface area contributed by atoms with Crippen LogP contribution in [-0.4, -0.2) is 45.5 Å². The van der Waals surface area contributed by atoms with Gasteiger partial charge in [-0.25, -0.2) is 0 Å². The van der Waals surface area contributed by atoms with Crippen LogP contribution in [0.2, 0.25) is 0 Å². The number of rotatable bonds is 5. The number of nitrogens with zero attached hydrogens (tertiary/aromatic N) is 3. The lowest BCUT2D eigenvalue weighted by atomic mass is 10.1. The van der Waals surface area contributed by atoms with Crippen molar-refractivity contribution in [3.63, 3.8) is 0 Å². The normalized spacial score (nSPS) is 17.0. The van der Waals surface area contributed by atoms with E-state index in [1.165, 1.54) is 0 Å². The third kappa shape index (κ3) is 3.53. The van der Waals surface area contributed by atoms with Gasteiger partial charge in [-0.2, -0.15) is 15.4 Å². The molecule has 6 nitrogen and oxygen atoms in total. The molecule has 1 amide bonds. The SMILES string of the molecule is O=C(c1ccc2n[nH]nc2c1)N(Cc1ccccc1)C[C@H]1CCCO1. The Kier molecular flexibility index (Phi) is 4.43. The molecule has 1 saturated heterocycles. The van der Waals surface area contributed by atoms with Crippen molar-refractivity contribution in [1.82, 2.24) is 20.3 Å². The first kappa shape index (κ1) is 15.8. The molecule has 0 aliphatic carbocycles. The minimum absolute atomic E-state index is 0.00995. The summed E-state index contributed by atoms with van der Waals surface area (Å²) in [7, 11) is 0. The summed E-state index contributed by atoms with van der Waals surface area (Å²) in [5.41, 5.74) is 3.18. The van der Waals surface area contributed by atoms with Gasteiger partial charge in [0.15, 0.2) is 0 Å². The van der Waals surface area contributed by atoms with Gasteiger partial charge in [-0.05, 0) is 36.6 Å². The van der Waals surface area contributed by atoms with Crippen molar-refractivity contribution in [2.24, 2.45) is 0 Å². The number of carbonyl (C=O) groups excluding carboxylic acids is 1. The first-order valence-electron chi connectivity index (χ1n) is 8.55. The number of nitrogens with one attached hydrogen (secondary N) is 1. The van der Waals surface area contributed by atoms with Gasteiger partial charge in [-0.3, -0.25) is 4.79 Å². The number of benzene rings is 2. The van der Waals surface area contributed by atoms with Crippen LogP contribution in [-0.2, 0) is 11.3 Å². The van der Waals surface area contributed by atoms with Crippen molar-refractivity contribution in [3.8, 4) is 0 Å². The minimum atomic E-state index is -0.00995. The van der Waals surface area contributed by atoms with Crippen molar-refractivity contribution in [1.29, 1.82) is 0 Å². The summed E-state index contributed by atoms with van der Waals surface area (Å²) in [6.07, 6.45) is 2.17. The first-order chi connectivity index (χ1) is 12.3. The van der Waals surface area contributed by atoms with E-state index >= 15 is 0 Å². The van der Waals surface area contributed by atoms with Gasteiger partial charge in [0.25, 0.3) is 5.91 Å². The summed E-state index contributed by atoms with van der Waals surface area (Å²) in [5, 5.41) is 10.7. The first-order valence-corrected chi connectivity index (χ1v) is 8.55. The summed E-state index contributed by atoms with van der Waals surface area (Å²) < 4.78 is 5.74. The number of aromatic nitrogens is 3. The predicted octanol–water partition coefficient (Wildman–Crippen LogP) is 2.78. The molecule has 1 atom stereocenters. The molecule has 1 aliphatic rings. The summed E-state index contributed by atoms with van der Waals surface area (Å²) in [4.78, 5) is 15.0. The van der Waals surface area contributed by atoms with Crippen LogP contribution in [0.4, 0.5) is 0 Å². The summed E-state index contributed by atoms with van der Waals surface area (Å²) >= 11 is 0. The van der Waals surface area contributed by atoms with Gasteiger partial charge in [0.05, 0.1) is 6.10 Å². The Morgan fingerprint density at radius 3 is 2.80 bits per heavy atom. The lowest BCUT2D eigenvalue weighted by Gasteiger charge is -2.25. The molecule has 0 saturated carbocycles. The average Bonchev–Trinajstić information content (AvgIpc) is 3.32. The Bertz CT molecular complexity index is 856. The maximum Gasteiger partial charge on any atom is 0.254 e. The molecule has 0 unspecified atom stereocenters. The van der Waals surface area contributed by atoms with E-state index in [2.05, 4.69) is 15.4 Å². The van der Waals surface area contributed by atoms with Crippen molar-refractivity contribution in [2.45, 2.75) is 25.5 Å². The van der Waals surface area contributed by atoms with E-state index in [1.807, 2.05) is 41.3 Å². The maximum absolute atomic E-state index is 13.1. The van der Waals surface area contributed by atoms with Crippen molar-refractivity contribution >= 4 is 16.9 Å². The molecule has 25 heavy (non-hydrogen) atoms. The lowest BCUT2D eigenvalue weighted by Crippen LogP contribution is -2.37.